The predicted molar refractivity (Wildman–Crippen MR) is 78.6 cm³/mol. The topological polar surface area (TPSA) is 17.1 Å². The molecule has 0 saturated carbocycles. The van der Waals surface area contributed by atoms with Crippen LogP contribution in [0.3, 0.4) is 0 Å². The zero-order valence-electron chi connectivity index (χ0n) is 12.7. The summed E-state index contributed by atoms with van der Waals surface area (Å²) in [5.41, 5.74) is 7.21. The summed E-state index contributed by atoms with van der Waals surface area (Å²) in [6.45, 7) is 12.7. The smallest absolute Gasteiger partial charge is 0.163 e. The molecule has 0 aliphatic rings. The second-order valence-corrected chi connectivity index (χ2v) is 5.38. The average Bonchev–Trinajstić information content (AvgIpc) is 2.34. The Balaban J connectivity index is 3.13. The molecule has 0 aliphatic heterocycles. The van der Waals surface area contributed by atoms with E-state index in [1.165, 1.54) is 27.8 Å². The van der Waals surface area contributed by atoms with E-state index in [-0.39, 0.29) is 0 Å². The van der Waals surface area contributed by atoms with E-state index in [4.69, 9.17) is 0 Å². The van der Waals surface area contributed by atoms with Gasteiger partial charge in [-0.2, -0.15) is 0 Å². The molecule has 1 aromatic carbocycles. The van der Waals surface area contributed by atoms with Gasteiger partial charge in [0.05, 0.1) is 0 Å². The van der Waals surface area contributed by atoms with Crippen molar-refractivity contribution < 1.29 is 4.79 Å². The van der Waals surface area contributed by atoms with Gasteiger partial charge in [-0.3, -0.25) is 4.79 Å². The van der Waals surface area contributed by atoms with E-state index in [9.17, 15) is 4.79 Å². The molecule has 0 aromatic heterocycles. The summed E-state index contributed by atoms with van der Waals surface area (Å²) in [7, 11) is 0. The van der Waals surface area contributed by atoms with Crippen LogP contribution in [0.2, 0.25) is 0 Å². The molecule has 0 heterocycles. The van der Waals surface area contributed by atoms with E-state index in [1.54, 1.807) is 0 Å². The molecule has 0 saturated heterocycles. The Hall–Kier alpha value is -1.11. The first-order valence-corrected chi connectivity index (χ1v) is 7.01. The third kappa shape index (κ3) is 2.82. The number of unbranched alkanes of at least 4 members (excludes halogenated alkanes) is 2. The highest BCUT2D eigenvalue weighted by molar-refractivity contribution is 5.99. The summed E-state index contributed by atoms with van der Waals surface area (Å²) in [4.78, 5) is 12.4. The summed E-state index contributed by atoms with van der Waals surface area (Å²) in [5, 5.41) is 0. The summed E-state index contributed by atoms with van der Waals surface area (Å²) in [5.74, 6) is 0.324. The van der Waals surface area contributed by atoms with Crippen LogP contribution in [0.5, 0.6) is 0 Å². The summed E-state index contributed by atoms with van der Waals surface area (Å²) >= 11 is 0. The fourth-order valence-electron chi connectivity index (χ4n) is 2.58. The first kappa shape index (κ1) is 14.9. The van der Waals surface area contributed by atoms with Crippen LogP contribution in [0, 0.1) is 34.6 Å². The van der Waals surface area contributed by atoms with E-state index in [1.807, 2.05) is 0 Å². The molecule has 0 N–H and O–H groups in total. The number of carbonyl (C=O) groups is 1. The maximum absolute atomic E-state index is 12.4. The molecule has 1 heteroatoms. The zero-order valence-corrected chi connectivity index (χ0v) is 12.7. The van der Waals surface area contributed by atoms with Crippen molar-refractivity contribution in [3.05, 3.63) is 33.4 Å². The van der Waals surface area contributed by atoms with Crippen molar-refractivity contribution in [2.24, 2.45) is 0 Å². The van der Waals surface area contributed by atoms with E-state index in [0.29, 0.717) is 12.2 Å². The molecule has 0 unspecified atom stereocenters. The van der Waals surface area contributed by atoms with Gasteiger partial charge in [-0.15, -0.1) is 0 Å². The van der Waals surface area contributed by atoms with Crippen molar-refractivity contribution in [3.63, 3.8) is 0 Å². The Bertz CT molecular complexity index is 426. The SMILES string of the molecule is CCCCCC(=O)c1c(C)c(C)c(C)c(C)c1C. The number of Topliss-reactive ketones (excluding diaryl/α,β-unsaturated/α-hetero) is 1. The lowest BCUT2D eigenvalue weighted by atomic mass is 9.86. The van der Waals surface area contributed by atoms with E-state index >= 15 is 0 Å². The van der Waals surface area contributed by atoms with Crippen LogP contribution in [0.1, 0.15) is 70.8 Å². The second-order valence-electron chi connectivity index (χ2n) is 5.38. The molecule has 1 aromatic rings. The molecule has 100 valence electrons. The highest BCUT2D eigenvalue weighted by Crippen LogP contribution is 2.27. The largest absolute Gasteiger partial charge is 0.294 e. The van der Waals surface area contributed by atoms with E-state index in [2.05, 4.69) is 41.5 Å². The van der Waals surface area contributed by atoms with Gasteiger partial charge in [0, 0.05) is 12.0 Å². The van der Waals surface area contributed by atoms with Crippen LogP contribution in [-0.4, -0.2) is 5.78 Å². The van der Waals surface area contributed by atoms with Gasteiger partial charge in [-0.1, -0.05) is 19.8 Å². The Kier molecular flexibility index (Phi) is 5.13. The van der Waals surface area contributed by atoms with Crippen LogP contribution < -0.4 is 0 Å². The lowest BCUT2D eigenvalue weighted by molar-refractivity contribution is 0.0978. The van der Waals surface area contributed by atoms with Crippen molar-refractivity contribution in [2.75, 3.05) is 0 Å². The minimum atomic E-state index is 0.324. The number of hydrogen-bond donors (Lipinski definition) is 0. The molecule has 0 radical (unpaired) electrons. The first-order valence-electron chi connectivity index (χ1n) is 7.01. The third-order valence-electron chi connectivity index (χ3n) is 4.29. The van der Waals surface area contributed by atoms with Gasteiger partial charge < -0.3 is 0 Å². The molecule has 1 nitrogen and oxygen atoms in total. The number of rotatable bonds is 5. The lowest BCUT2D eigenvalue weighted by Crippen LogP contribution is -2.09. The monoisotopic (exact) mass is 246 g/mol. The maximum Gasteiger partial charge on any atom is 0.163 e. The van der Waals surface area contributed by atoms with Gasteiger partial charge in [0.1, 0.15) is 0 Å². The van der Waals surface area contributed by atoms with Crippen molar-refractivity contribution in [2.45, 2.75) is 67.2 Å². The van der Waals surface area contributed by atoms with Crippen molar-refractivity contribution in [1.82, 2.24) is 0 Å². The van der Waals surface area contributed by atoms with Gasteiger partial charge in [-0.05, 0) is 68.9 Å². The van der Waals surface area contributed by atoms with E-state index in [0.717, 1.165) is 24.8 Å². The van der Waals surface area contributed by atoms with Crippen molar-refractivity contribution in [3.8, 4) is 0 Å². The van der Waals surface area contributed by atoms with Crippen LogP contribution in [-0.2, 0) is 0 Å². The quantitative estimate of drug-likeness (QED) is 0.528. The molecule has 0 amide bonds. The fourth-order valence-corrected chi connectivity index (χ4v) is 2.58. The zero-order chi connectivity index (χ0) is 13.9. The number of ketones is 1. The van der Waals surface area contributed by atoms with Crippen LogP contribution >= 0.6 is 0 Å². The number of hydrogen-bond acceptors (Lipinski definition) is 1. The maximum atomic E-state index is 12.4. The molecule has 0 spiro atoms. The normalized spacial score (nSPS) is 10.8. The second kappa shape index (κ2) is 6.17. The highest BCUT2D eigenvalue weighted by atomic mass is 16.1. The lowest BCUT2D eigenvalue weighted by Gasteiger charge is -2.17. The van der Waals surface area contributed by atoms with Gasteiger partial charge >= 0.3 is 0 Å². The van der Waals surface area contributed by atoms with Crippen LogP contribution in [0.25, 0.3) is 0 Å². The number of benzene rings is 1. The minimum Gasteiger partial charge on any atom is -0.294 e. The average molecular weight is 246 g/mol. The van der Waals surface area contributed by atoms with Crippen molar-refractivity contribution >= 4 is 5.78 Å². The van der Waals surface area contributed by atoms with Gasteiger partial charge in [0.15, 0.2) is 5.78 Å². The summed E-state index contributed by atoms with van der Waals surface area (Å²) < 4.78 is 0. The molecule has 0 bridgehead atoms. The summed E-state index contributed by atoms with van der Waals surface area (Å²) in [6, 6.07) is 0. The molecule has 0 atom stereocenters. The molecular weight excluding hydrogens is 220 g/mol. The van der Waals surface area contributed by atoms with E-state index < -0.39 is 0 Å². The van der Waals surface area contributed by atoms with Crippen molar-refractivity contribution in [1.29, 1.82) is 0 Å². The molecule has 1 rings (SSSR count). The predicted octanol–water partition coefficient (Wildman–Crippen LogP) is 4.99. The van der Waals surface area contributed by atoms with Crippen LogP contribution in [0.15, 0.2) is 0 Å². The number of carbonyl (C=O) groups excluding carboxylic acids is 1. The fraction of sp³-hybridized carbons (Fsp3) is 0.588. The van der Waals surface area contributed by atoms with Gasteiger partial charge in [-0.25, -0.2) is 0 Å². The Morgan fingerprint density at radius 2 is 1.22 bits per heavy atom. The summed E-state index contributed by atoms with van der Waals surface area (Å²) in [6.07, 6.45) is 4.02. The Morgan fingerprint density at radius 1 is 0.778 bits per heavy atom. The van der Waals surface area contributed by atoms with Crippen LogP contribution in [0.4, 0.5) is 0 Å². The highest BCUT2D eigenvalue weighted by Gasteiger charge is 2.17. The molecule has 18 heavy (non-hydrogen) atoms. The standard InChI is InChI=1S/C17H26O/c1-7-8-9-10-16(18)17-14(5)12(3)11(2)13(4)15(17)6/h7-10H2,1-6H3. The Morgan fingerprint density at radius 3 is 1.67 bits per heavy atom. The minimum absolute atomic E-state index is 0.324. The van der Waals surface area contributed by atoms with Gasteiger partial charge in [0.25, 0.3) is 0 Å². The molecule has 0 aliphatic carbocycles. The molecular formula is C17H26O. The van der Waals surface area contributed by atoms with Gasteiger partial charge in [0.2, 0.25) is 0 Å². The Labute approximate surface area is 112 Å². The molecule has 0 fully saturated rings. The first-order chi connectivity index (χ1) is 8.41. The third-order valence-corrected chi connectivity index (χ3v) is 4.29.